The normalized spacial score (nSPS) is 12.2. The van der Waals surface area contributed by atoms with E-state index in [9.17, 15) is 8.42 Å². The lowest BCUT2D eigenvalue weighted by molar-refractivity contribution is 0.164. The first-order valence-electron chi connectivity index (χ1n) is 6.71. The molecule has 0 saturated carbocycles. The molecule has 0 unspecified atom stereocenters. The maximum atomic E-state index is 12.8. The van der Waals surface area contributed by atoms with Crippen LogP contribution in [0.15, 0.2) is 4.90 Å². The van der Waals surface area contributed by atoms with Gasteiger partial charge in [0.25, 0.3) is 0 Å². The molecule has 0 spiro atoms. The van der Waals surface area contributed by atoms with Crippen LogP contribution in [-0.2, 0) is 26.0 Å². The highest BCUT2D eigenvalue weighted by Crippen LogP contribution is 2.22. The van der Waals surface area contributed by atoms with Crippen LogP contribution in [0.1, 0.15) is 17.8 Å². The lowest BCUT2D eigenvalue weighted by atomic mass is 10.4. The van der Waals surface area contributed by atoms with Gasteiger partial charge in [0, 0.05) is 40.5 Å². The van der Waals surface area contributed by atoms with Crippen molar-refractivity contribution in [2.24, 2.45) is 5.73 Å². The minimum Gasteiger partial charge on any atom is -0.385 e. The van der Waals surface area contributed by atoms with Gasteiger partial charge in [0.1, 0.15) is 4.90 Å². The zero-order chi connectivity index (χ0) is 15.9. The fourth-order valence-electron chi connectivity index (χ4n) is 2.01. The summed E-state index contributed by atoms with van der Waals surface area (Å²) in [7, 11) is -0.540. The molecular formula is C12H24N4O4S. The number of hydrogen-bond donors (Lipinski definition) is 2. The molecule has 8 nitrogen and oxygen atoms in total. The van der Waals surface area contributed by atoms with Crippen molar-refractivity contribution in [3.05, 3.63) is 11.4 Å². The summed E-state index contributed by atoms with van der Waals surface area (Å²) < 4.78 is 37.0. The maximum absolute atomic E-state index is 12.8. The zero-order valence-electron chi connectivity index (χ0n) is 12.8. The number of aryl methyl sites for hydroxylation is 1. The van der Waals surface area contributed by atoms with E-state index < -0.39 is 10.0 Å². The molecule has 0 atom stereocenters. The molecule has 0 aliphatic rings. The summed E-state index contributed by atoms with van der Waals surface area (Å²) in [5.41, 5.74) is 6.41. The summed E-state index contributed by atoms with van der Waals surface area (Å²) in [6.07, 6.45) is 0.605. The van der Waals surface area contributed by atoms with Crippen LogP contribution in [0.4, 0.5) is 0 Å². The van der Waals surface area contributed by atoms with Crippen molar-refractivity contribution in [1.82, 2.24) is 14.5 Å². The van der Waals surface area contributed by atoms with Crippen molar-refractivity contribution >= 4 is 10.0 Å². The smallest absolute Gasteiger partial charge is 0.246 e. The second kappa shape index (κ2) is 8.44. The van der Waals surface area contributed by atoms with E-state index in [1.807, 2.05) is 0 Å². The fraction of sp³-hybridized carbons (Fsp3) is 0.750. The fourth-order valence-corrected chi connectivity index (χ4v) is 3.81. The minimum absolute atomic E-state index is 0.0646. The quantitative estimate of drug-likeness (QED) is 0.580. The van der Waals surface area contributed by atoms with Crippen LogP contribution in [0, 0.1) is 6.92 Å². The predicted molar refractivity (Wildman–Crippen MR) is 78.3 cm³/mol. The Morgan fingerprint density at radius 1 is 1.24 bits per heavy atom. The Morgan fingerprint density at radius 2 is 1.90 bits per heavy atom. The third-order valence-electron chi connectivity index (χ3n) is 3.05. The molecule has 0 fully saturated rings. The molecule has 0 aliphatic carbocycles. The van der Waals surface area contributed by atoms with Crippen LogP contribution in [-0.4, -0.2) is 63.4 Å². The van der Waals surface area contributed by atoms with Gasteiger partial charge >= 0.3 is 0 Å². The van der Waals surface area contributed by atoms with Gasteiger partial charge in [-0.25, -0.2) is 8.42 Å². The molecule has 21 heavy (non-hydrogen) atoms. The highest BCUT2D eigenvalue weighted by Gasteiger charge is 2.30. The standard InChI is InChI=1S/C12H24N4O4S/c1-10-12(11(9-13)15-14-10)21(17,18)16(6-8-20-3)5-4-7-19-2/h4-9,13H2,1-3H3,(H,14,15). The van der Waals surface area contributed by atoms with Gasteiger partial charge in [0.2, 0.25) is 10.0 Å². The summed E-state index contributed by atoms with van der Waals surface area (Å²) >= 11 is 0. The molecule has 1 rings (SSSR count). The van der Waals surface area contributed by atoms with Crippen LogP contribution in [0.3, 0.4) is 0 Å². The second-order valence-electron chi connectivity index (χ2n) is 4.57. The number of nitrogens with two attached hydrogens (primary N) is 1. The zero-order valence-corrected chi connectivity index (χ0v) is 13.6. The maximum Gasteiger partial charge on any atom is 0.246 e. The second-order valence-corrected chi connectivity index (χ2v) is 6.45. The first-order valence-corrected chi connectivity index (χ1v) is 8.15. The molecule has 0 saturated heterocycles. The number of sulfonamides is 1. The molecule has 0 amide bonds. The largest absolute Gasteiger partial charge is 0.385 e. The minimum atomic E-state index is -3.66. The Morgan fingerprint density at radius 3 is 2.48 bits per heavy atom. The highest BCUT2D eigenvalue weighted by molar-refractivity contribution is 7.89. The summed E-state index contributed by atoms with van der Waals surface area (Å²) in [4.78, 5) is 0.165. The van der Waals surface area contributed by atoms with Crippen molar-refractivity contribution in [3.63, 3.8) is 0 Å². The average Bonchev–Trinajstić information content (AvgIpc) is 2.84. The number of nitrogens with one attached hydrogen (secondary N) is 1. The Kier molecular flexibility index (Phi) is 7.26. The highest BCUT2D eigenvalue weighted by atomic mass is 32.2. The Hall–Kier alpha value is -1.00. The van der Waals surface area contributed by atoms with E-state index in [2.05, 4.69) is 10.2 Å². The topological polar surface area (TPSA) is 111 Å². The number of aromatic nitrogens is 2. The van der Waals surface area contributed by atoms with Gasteiger partial charge < -0.3 is 15.2 Å². The molecule has 0 aliphatic heterocycles. The molecule has 9 heteroatoms. The van der Waals surface area contributed by atoms with Gasteiger partial charge in [-0.1, -0.05) is 0 Å². The molecule has 1 aromatic heterocycles. The SMILES string of the molecule is COCCCN(CCOC)S(=O)(=O)c1c(CN)n[nH]c1C. The van der Waals surface area contributed by atoms with Gasteiger partial charge in [0.15, 0.2) is 0 Å². The van der Waals surface area contributed by atoms with E-state index in [1.165, 1.54) is 11.4 Å². The van der Waals surface area contributed by atoms with Gasteiger partial charge in [0.05, 0.1) is 18.0 Å². The van der Waals surface area contributed by atoms with Crippen LogP contribution in [0.25, 0.3) is 0 Å². The number of aromatic amines is 1. The van der Waals surface area contributed by atoms with Gasteiger partial charge in [-0.2, -0.15) is 9.40 Å². The monoisotopic (exact) mass is 320 g/mol. The van der Waals surface area contributed by atoms with E-state index in [0.29, 0.717) is 37.6 Å². The lowest BCUT2D eigenvalue weighted by Crippen LogP contribution is -2.36. The summed E-state index contributed by atoms with van der Waals surface area (Å²) in [5.74, 6) is 0. The number of H-pyrrole nitrogens is 1. The molecule has 1 heterocycles. The first-order chi connectivity index (χ1) is 9.98. The Labute approximate surface area is 125 Å². The lowest BCUT2D eigenvalue weighted by Gasteiger charge is -2.22. The van der Waals surface area contributed by atoms with E-state index >= 15 is 0 Å². The van der Waals surface area contributed by atoms with E-state index in [-0.39, 0.29) is 18.0 Å². The number of ether oxygens (including phenoxy) is 2. The molecule has 1 aromatic rings. The van der Waals surface area contributed by atoms with E-state index in [4.69, 9.17) is 15.2 Å². The number of rotatable bonds is 10. The van der Waals surface area contributed by atoms with Gasteiger partial charge in [-0.3, -0.25) is 5.10 Å². The van der Waals surface area contributed by atoms with Crippen LogP contribution >= 0.6 is 0 Å². The predicted octanol–water partition coefficient (Wildman–Crippen LogP) is -0.150. The molecule has 122 valence electrons. The molecule has 0 radical (unpaired) electrons. The molecule has 0 bridgehead atoms. The van der Waals surface area contributed by atoms with E-state index in [0.717, 1.165) is 0 Å². The first kappa shape index (κ1) is 18.1. The van der Waals surface area contributed by atoms with Crippen molar-refractivity contribution in [1.29, 1.82) is 0 Å². The van der Waals surface area contributed by atoms with Crippen molar-refractivity contribution < 1.29 is 17.9 Å². The molecule has 0 aromatic carbocycles. The average molecular weight is 320 g/mol. The summed E-state index contributed by atoms with van der Waals surface area (Å²) in [6, 6.07) is 0. The molecule has 3 N–H and O–H groups in total. The van der Waals surface area contributed by atoms with Crippen LogP contribution < -0.4 is 5.73 Å². The molecular weight excluding hydrogens is 296 g/mol. The van der Waals surface area contributed by atoms with Crippen molar-refractivity contribution in [2.45, 2.75) is 24.8 Å². The van der Waals surface area contributed by atoms with Crippen LogP contribution in [0.2, 0.25) is 0 Å². The van der Waals surface area contributed by atoms with Crippen LogP contribution in [0.5, 0.6) is 0 Å². The van der Waals surface area contributed by atoms with Gasteiger partial charge in [-0.15, -0.1) is 0 Å². The van der Waals surface area contributed by atoms with Crippen molar-refractivity contribution in [2.75, 3.05) is 40.5 Å². The van der Waals surface area contributed by atoms with Crippen molar-refractivity contribution in [3.8, 4) is 0 Å². The van der Waals surface area contributed by atoms with Gasteiger partial charge in [-0.05, 0) is 13.3 Å². The Bertz CT molecular complexity index is 529. The van der Waals surface area contributed by atoms with E-state index in [1.54, 1.807) is 14.0 Å². The third kappa shape index (κ3) is 4.48. The number of hydrogen-bond acceptors (Lipinski definition) is 6. The summed E-state index contributed by atoms with van der Waals surface area (Å²) in [5, 5.41) is 6.63. The third-order valence-corrected chi connectivity index (χ3v) is 5.16. The number of nitrogens with zero attached hydrogens (tertiary/aromatic N) is 2. The number of methoxy groups -OCH3 is 2. The Balaban J connectivity index is 3.04. The summed E-state index contributed by atoms with van der Waals surface area (Å²) in [6.45, 7) is 3.18.